The van der Waals surface area contributed by atoms with Crippen LogP contribution in [0.5, 0.6) is 0 Å². The van der Waals surface area contributed by atoms with E-state index in [0.717, 1.165) is 16.4 Å². The first kappa shape index (κ1) is 14.2. The van der Waals surface area contributed by atoms with Gasteiger partial charge in [0.25, 0.3) is 0 Å². The maximum atomic E-state index is 11.3. The molecule has 0 radical (unpaired) electrons. The smallest absolute Gasteiger partial charge is 0.337 e. The van der Waals surface area contributed by atoms with Crippen LogP contribution < -0.4 is 5.43 Å². The number of rotatable bonds is 4. The Kier molecular flexibility index (Phi) is 4.47. The highest BCUT2D eigenvalue weighted by Crippen LogP contribution is 2.20. The van der Waals surface area contributed by atoms with Gasteiger partial charge in [0.2, 0.25) is 5.13 Å². The fourth-order valence-corrected chi connectivity index (χ4v) is 2.27. The van der Waals surface area contributed by atoms with Gasteiger partial charge < -0.3 is 4.74 Å². The third kappa shape index (κ3) is 3.42. The van der Waals surface area contributed by atoms with E-state index < -0.39 is 0 Å². The second kappa shape index (κ2) is 6.29. The van der Waals surface area contributed by atoms with Gasteiger partial charge in [0.15, 0.2) is 0 Å². The molecular formula is C14H15N3O2S. The summed E-state index contributed by atoms with van der Waals surface area (Å²) in [6, 6.07) is 7.00. The molecule has 0 unspecified atom stereocenters. The van der Waals surface area contributed by atoms with Crippen molar-refractivity contribution in [3.05, 3.63) is 46.0 Å². The average Bonchev–Trinajstić information content (AvgIpc) is 2.77. The molecule has 104 valence electrons. The first-order valence-electron chi connectivity index (χ1n) is 6.01. The molecule has 0 saturated heterocycles. The minimum Gasteiger partial charge on any atom is -0.465 e. The van der Waals surface area contributed by atoms with Crippen molar-refractivity contribution >= 4 is 28.7 Å². The number of hydrazone groups is 1. The highest BCUT2D eigenvalue weighted by atomic mass is 32.1. The van der Waals surface area contributed by atoms with Crippen molar-refractivity contribution in [2.45, 2.75) is 13.8 Å². The number of carbonyl (C=O) groups is 1. The molecule has 5 nitrogen and oxygen atoms in total. The SMILES string of the molecule is COC(=O)c1ccc(/C=N\Nc2nc(C)c(C)s2)cc1. The number of carbonyl (C=O) groups excluding carboxylic acids is 1. The minimum absolute atomic E-state index is 0.347. The van der Waals surface area contributed by atoms with E-state index >= 15 is 0 Å². The maximum absolute atomic E-state index is 11.3. The van der Waals surface area contributed by atoms with E-state index in [-0.39, 0.29) is 5.97 Å². The Morgan fingerprint density at radius 3 is 2.60 bits per heavy atom. The summed E-state index contributed by atoms with van der Waals surface area (Å²) in [5.74, 6) is -0.347. The molecule has 2 rings (SSSR count). The van der Waals surface area contributed by atoms with Crippen molar-refractivity contribution in [3.63, 3.8) is 0 Å². The Morgan fingerprint density at radius 2 is 2.05 bits per heavy atom. The largest absolute Gasteiger partial charge is 0.465 e. The number of esters is 1. The molecule has 0 saturated carbocycles. The number of hydrogen-bond acceptors (Lipinski definition) is 6. The third-order valence-corrected chi connectivity index (χ3v) is 3.71. The van der Waals surface area contributed by atoms with E-state index in [9.17, 15) is 4.79 Å². The summed E-state index contributed by atoms with van der Waals surface area (Å²) in [6.45, 7) is 3.99. The second-order valence-corrected chi connectivity index (χ2v) is 5.35. The Labute approximate surface area is 121 Å². The van der Waals surface area contributed by atoms with Crippen LogP contribution in [0.4, 0.5) is 5.13 Å². The number of aromatic nitrogens is 1. The van der Waals surface area contributed by atoms with Crippen LogP contribution in [0, 0.1) is 13.8 Å². The highest BCUT2D eigenvalue weighted by molar-refractivity contribution is 7.15. The number of nitrogens with one attached hydrogen (secondary N) is 1. The molecule has 0 fully saturated rings. The van der Waals surface area contributed by atoms with Gasteiger partial charge in [-0.15, -0.1) is 11.3 Å². The van der Waals surface area contributed by atoms with E-state index in [4.69, 9.17) is 0 Å². The van der Waals surface area contributed by atoms with E-state index in [0.29, 0.717) is 5.56 Å². The van der Waals surface area contributed by atoms with Crippen LogP contribution in [0.2, 0.25) is 0 Å². The van der Waals surface area contributed by atoms with Gasteiger partial charge in [-0.2, -0.15) is 5.10 Å². The predicted molar refractivity (Wildman–Crippen MR) is 80.6 cm³/mol. The monoisotopic (exact) mass is 289 g/mol. The molecule has 0 aliphatic heterocycles. The molecule has 0 aliphatic rings. The molecule has 0 aliphatic carbocycles. The molecule has 2 aromatic rings. The van der Waals surface area contributed by atoms with Gasteiger partial charge in [0.05, 0.1) is 24.6 Å². The van der Waals surface area contributed by atoms with Crippen LogP contribution in [0.1, 0.15) is 26.5 Å². The number of aryl methyl sites for hydroxylation is 2. The van der Waals surface area contributed by atoms with Crippen LogP contribution in [-0.4, -0.2) is 24.3 Å². The fraction of sp³-hybridized carbons (Fsp3) is 0.214. The number of ether oxygens (including phenoxy) is 1. The van der Waals surface area contributed by atoms with Crippen molar-refractivity contribution in [1.29, 1.82) is 0 Å². The predicted octanol–water partition coefficient (Wildman–Crippen LogP) is 2.99. The lowest BCUT2D eigenvalue weighted by atomic mass is 10.1. The van der Waals surface area contributed by atoms with Crippen LogP contribution in [-0.2, 0) is 4.74 Å². The third-order valence-electron chi connectivity index (χ3n) is 2.73. The normalized spacial score (nSPS) is 10.8. The molecule has 1 aromatic carbocycles. The van der Waals surface area contributed by atoms with Gasteiger partial charge in [-0.05, 0) is 31.5 Å². The van der Waals surface area contributed by atoms with Gasteiger partial charge in [-0.1, -0.05) is 12.1 Å². The number of methoxy groups -OCH3 is 1. The molecule has 1 heterocycles. The summed E-state index contributed by atoms with van der Waals surface area (Å²) in [6.07, 6.45) is 1.67. The van der Waals surface area contributed by atoms with Crippen molar-refractivity contribution in [2.24, 2.45) is 5.10 Å². The summed E-state index contributed by atoms with van der Waals surface area (Å²) >= 11 is 1.56. The summed E-state index contributed by atoms with van der Waals surface area (Å²) in [7, 11) is 1.36. The summed E-state index contributed by atoms with van der Waals surface area (Å²) in [4.78, 5) is 16.8. The molecular weight excluding hydrogens is 274 g/mol. The first-order chi connectivity index (χ1) is 9.60. The van der Waals surface area contributed by atoms with Crippen LogP contribution in [0.25, 0.3) is 0 Å². The molecule has 6 heteroatoms. The van der Waals surface area contributed by atoms with Crippen molar-refractivity contribution in [2.75, 3.05) is 12.5 Å². The van der Waals surface area contributed by atoms with Crippen LogP contribution in [0.15, 0.2) is 29.4 Å². The molecule has 0 bridgehead atoms. The summed E-state index contributed by atoms with van der Waals surface area (Å²) < 4.78 is 4.64. The lowest BCUT2D eigenvalue weighted by molar-refractivity contribution is 0.0601. The Morgan fingerprint density at radius 1 is 1.35 bits per heavy atom. The van der Waals surface area contributed by atoms with Crippen molar-refractivity contribution < 1.29 is 9.53 Å². The molecule has 0 amide bonds. The van der Waals surface area contributed by atoms with E-state index in [1.807, 2.05) is 13.8 Å². The second-order valence-electron chi connectivity index (χ2n) is 4.14. The number of benzene rings is 1. The number of hydrogen-bond donors (Lipinski definition) is 1. The fourth-order valence-electron chi connectivity index (χ4n) is 1.51. The molecule has 0 atom stereocenters. The van der Waals surface area contributed by atoms with Gasteiger partial charge >= 0.3 is 5.97 Å². The quantitative estimate of drug-likeness (QED) is 0.534. The molecule has 20 heavy (non-hydrogen) atoms. The van der Waals surface area contributed by atoms with E-state index in [1.165, 1.54) is 12.0 Å². The van der Waals surface area contributed by atoms with Gasteiger partial charge in [-0.3, -0.25) is 5.43 Å². The topological polar surface area (TPSA) is 63.6 Å². The average molecular weight is 289 g/mol. The standard InChI is InChI=1S/C14H15N3O2S/c1-9-10(2)20-14(16-9)17-15-8-11-4-6-12(7-5-11)13(18)19-3/h4-8H,1-3H3,(H,16,17)/b15-8-. The molecule has 1 aromatic heterocycles. The van der Waals surface area contributed by atoms with Gasteiger partial charge in [0.1, 0.15) is 0 Å². The zero-order valence-corrected chi connectivity index (χ0v) is 12.3. The van der Waals surface area contributed by atoms with Gasteiger partial charge in [-0.25, -0.2) is 9.78 Å². The lowest BCUT2D eigenvalue weighted by Gasteiger charge is -1.99. The Hall–Kier alpha value is -2.21. The number of nitrogens with zero attached hydrogens (tertiary/aromatic N) is 2. The van der Waals surface area contributed by atoms with E-state index in [2.05, 4.69) is 20.2 Å². The zero-order valence-electron chi connectivity index (χ0n) is 11.5. The Bertz CT molecular complexity index is 613. The zero-order chi connectivity index (χ0) is 14.5. The van der Waals surface area contributed by atoms with Crippen molar-refractivity contribution in [1.82, 2.24) is 4.98 Å². The van der Waals surface area contributed by atoms with Crippen LogP contribution in [0.3, 0.4) is 0 Å². The lowest BCUT2D eigenvalue weighted by Crippen LogP contribution is -2.00. The number of thiazole rings is 1. The van der Waals surface area contributed by atoms with Crippen molar-refractivity contribution in [3.8, 4) is 0 Å². The molecule has 1 N–H and O–H groups in total. The summed E-state index contributed by atoms with van der Waals surface area (Å²) in [5, 5.41) is 4.88. The number of anilines is 1. The Balaban J connectivity index is 1.99. The maximum Gasteiger partial charge on any atom is 0.337 e. The molecule has 0 spiro atoms. The van der Waals surface area contributed by atoms with E-state index in [1.54, 1.807) is 41.8 Å². The van der Waals surface area contributed by atoms with Gasteiger partial charge in [0, 0.05) is 4.88 Å². The summed E-state index contributed by atoms with van der Waals surface area (Å²) in [5.41, 5.74) is 5.30. The van der Waals surface area contributed by atoms with Crippen LogP contribution >= 0.6 is 11.3 Å². The first-order valence-corrected chi connectivity index (χ1v) is 6.83. The highest BCUT2D eigenvalue weighted by Gasteiger charge is 2.03. The minimum atomic E-state index is -0.347.